The van der Waals surface area contributed by atoms with Crippen LogP contribution in [0.4, 0.5) is 0 Å². The molecule has 0 unspecified atom stereocenters. The molecule has 0 spiro atoms. The molecular weight excluding hydrogens is 279 g/mol. The van der Waals surface area contributed by atoms with Gasteiger partial charge in [-0.2, -0.15) is 0 Å². The first-order valence-corrected chi connectivity index (χ1v) is 2.12. The first-order chi connectivity index (χ1) is 3.00. The molecule has 45 valence electrons. The zero-order chi connectivity index (χ0) is 6.00. The maximum absolute atomic E-state index is 3.25. The number of rotatable bonds is 0. The summed E-state index contributed by atoms with van der Waals surface area (Å²) < 4.78 is 0. The first-order valence-electron chi connectivity index (χ1n) is 2.12. The van der Waals surface area contributed by atoms with Gasteiger partial charge in [-0.15, -0.1) is 0 Å². The number of hydrogen-bond donors (Lipinski definition) is 0. The molecular formula is C6H17Pb. The summed E-state index contributed by atoms with van der Waals surface area (Å²) in [5.74, 6) is 0. The van der Waals surface area contributed by atoms with E-state index in [4.69, 9.17) is 0 Å². The summed E-state index contributed by atoms with van der Waals surface area (Å²) in [5.41, 5.74) is 0. The molecule has 0 bridgehead atoms. The van der Waals surface area contributed by atoms with E-state index in [0.717, 1.165) is 0 Å². The van der Waals surface area contributed by atoms with Crippen LogP contribution in [-0.4, -0.2) is 27.3 Å². The Labute approximate surface area is 70.3 Å². The molecule has 0 aliphatic carbocycles. The van der Waals surface area contributed by atoms with Gasteiger partial charge in [-0.1, -0.05) is 41.5 Å². The maximum atomic E-state index is 3.25. The van der Waals surface area contributed by atoms with E-state index in [0.29, 0.717) is 0 Å². The van der Waals surface area contributed by atoms with Gasteiger partial charge >= 0.3 is 0 Å². The van der Waals surface area contributed by atoms with Crippen LogP contribution in [0.25, 0.3) is 0 Å². The molecule has 0 saturated heterocycles. The van der Waals surface area contributed by atoms with Crippen molar-refractivity contribution in [1.82, 2.24) is 0 Å². The summed E-state index contributed by atoms with van der Waals surface area (Å²) in [6.45, 7) is 15.0. The van der Waals surface area contributed by atoms with Gasteiger partial charge in [-0.25, -0.2) is 0 Å². The molecule has 0 N–H and O–H groups in total. The Hall–Kier alpha value is 0.922. The average Bonchev–Trinajstić information content (AvgIpc) is 1.81. The van der Waals surface area contributed by atoms with Crippen LogP contribution in [0.5, 0.6) is 0 Å². The Kier molecular flexibility index (Phi) is 1010. The zero-order valence-corrected chi connectivity index (χ0v) is 9.51. The summed E-state index contributed by atoms with van der Waals surface area (Å²) in [4.78, 5) is 0. The van der Waals surface area contributed by atoms with E-state index in [2.05, 4.69) is 20.8 Å². The monoisotopic (exact) mass is 297 g/mol. The fourth-order valence-corrected chi connectivity index (χ4v) is 0. The molecule has 7 radical (unpaired) electrons. The van der Waals surface area contributed by atoms with Crippen molar-refractivity contribution < 1.29 is 1.43 Å². The van der Waals surface area contributed by atoms with Crippen molar-refractivity contribution in [2.45, 2.75) is 20.8 Å². The fourth-order valence-electron chi connectivity index (χ4n) is 0. The van der Waals surface area contributed by atoms with Crippen molar-refractivity contribution in [1.29, 1.82) is 0 Å². The third-order valence-corrected chi connectivity index (χ3v) is 0. The largest absolute Gasteiger partial charge is 0.0654 e. The summed E-state index contributed by atoms with van der Waals surface area (Å²) in [6, 6.07) is 0. The molecule has 0 aromatic heterocycles. The van der Waals surface area contributed by atoms with Crippen molar-refractivity contribution in [2.75, 3.05) is 0 Å². The van der Waals surface area contributed by atoms with Crippen LogP contribution < -0.4 is 0 Å². The van der Waals surface area contributed by atoms with Crippen LogP contribution >= 0.6 is 0 Å². The predicted molar refractivity (Wildman–Crippen MR) is 41.0 cm³/mol. The summed E-state index contributed by atoms with van der Waals surface area (Å²) >= 11 is 0. The molecule has 0 aliphatic heterocycles. The van der Waals surface area contributed by atoms with Crippen LogP contribution in [0.1, 0.15) is 22.2 Å². The van der Waals surface area contributed by atoms with E-state index >= 15 is 0 Å². The molecule has 0 atom stereocenters. The summed E-state index contributed by atoms with van der Waals surface area (Å²) in [6.07, 6.45) is 0. The Morgan fingerprint density at radius 3 is 0.714 bits per heavy atom. The molecule has 0 rings (SSSR count). The topological polar surface area (TPSA) is 0 Å². The van der Waals surface area contributed by atoms with E-state index in [9.17, 15) is 0 Å². The van der Waals surface area contributed by atoms with E-state index in [1.54, 1.807) is 20.8 Å². The molecule has 0 nitrogen and oxygen atoms in total. The van der Waals surface area contributed by atoms with Crippen LogP contribution in [0.2, 0.25) is 0 Å². The minimum atomic E-state index is 0. The molecule has 0 aromatic carbocycles. The van der Waals surface area contributed by atoms with Gasteiger partial charge in [-0.05, 0) is 0 Å². The molecule has 0 aromatic rings. The smallest absolute Gasteiger partial charge is 0 e. The average molecular weight is 296 g/mol. The van der Waals surface area contributed by atoms with Gasteiger partial charge in [-0.3, -0.25) is 0 Å². The molecule has 1 heteroatoms. The zero-order valence-electron chi connectivity index (χ0n) is 5.62. The van der Waals surface area contributed by atoms with Crippen LogP contribution in [0.3, 0.4) is 0 Å². The van der Waals surface area contributed by atoms with E-state index < -0.39 is 0 Å². The second-order valence-corrected chi connectivity index (χ2v) is 0. The van der Waals surface area contributed by atoms with Crippen LogP contribution in [0.15, 0.2) is 0 Å². The molecule has 0 aliphatic rings. The number of hydrogen-bond acceptors (Lipinski definition) is 0. The van der Waals surface area contributed by atoms with E-state index in [1.807, 2.05) is 0 Å². The third kappa shape index (κ3) is 197. The summed E-state index contributed by atoms with van der Waals surface area (Å²) in [5, 5.41) is 0. The van der Waals surface area contributed by atoms with Crippen LogP contribution in [0, 0.1) is 20.8 Å². The van der Waals surface area contributed by atoms with Gasteiger partial charge in [0, 0.05) is 28.7 Å². The second-order valence-electron chi connectivity index (χ2n) is 0. The molecule has 0 saturated carbocycles. The van der Waals surface area contributed by atoms with Crippen molar-refractivity contribution in [2.24, 2.45) is 0 Å². The Balaban J connectivity index is -0.00000000500. The molecule has 7 heavy (non-hydrogen) atoms. The molecule has 0 amide bonds. The van der Waals surface area contributed by atoms with Crippen molar-refractivity contribution in [3.05, 3.63) is 20.8 Å². The molecule has 0 heterocycles. The van der Waals surface area contributed by atoms with Crippen molar-refractivity contribution >= 4 is 27.3 Å². The third-order valence-electron chi connectivity index (χ3n) is 0. The normalized spacial score (nSPS) is 2.57. The van der Waals surface area contributed by atoms with Gasteiger partial charge in [0.25, 0.3) is 0 Å². The van der Waals surface area contributed by atoms with E-state index in [-0.39, 0.29) is 28.7 Å². The predicted octanol–water partition coefficient (Wildman–Crippen LogP) is 2.39. The van der Waals surface area contributed by atoms with Crippen molar-refractivity contribution in [3.8, 4) is 0 Å². The summed E-state index contributed by atoms with van der Waals surface area (Å²) in [7, 11) is 0. The SMILES string of the molecule is [CH2]C.[CH2]C.[CH2]C.[HH].[Pb]. The standard InChI is InChI=1S/3C2H5.Pb.H2/c3*1-2;;/h3*1H2,2H3;;1H. The second kappa shape index (κ2) is 286. The quantitative estimate of drug-likeness (QED) is 0.602. The van der Waals surface area contributed by atoms with Crippen molar-refractivity contribution in [3.63, 3.8) is 0 Å². The Morgan fingerprint density at radius 1 is 0.714 bits per heavy atom. The minimum absolute atomic E-state index is 0. The minimum Gasteiger partial charge on any atom is -0.0654 e. The van der Waals surface area contributed by atoms with Gasteiger partial charge < -0.3 is 0 Å². The fraction of sp³-hybridized carbons (Fsp3) is 0.500. The molecule has 0 fully saturated rings. The Bertz CT molecular complexity index is 8.49. The van der Waals surface area contributed by atoms with Crippen LogP contribution in [-0.2, 0) is 0 Å². The maximum Gasteiger partial charge on any atom is 0 e. The van der Waals surface area contributed by atoms with Gasteiger partial charge in [0.05, 0.1) is 0 Å². The first kappa shape index (κ1) is 24.7. The van der Waals surface area contributed by atoms with Gasteiger partial charge in [0.2, 0.25) is 0 Å². The van der Waals surface area contributed by atoms with Gasteiger partial charge in [0.15, 0.2) is 0 Å². The van der Waals surface area contributed by atoms with Gasteiger partial charge in [0.1, 0.15) is 0 Å². The van der Waals surface area contributed by atoms with E-state index in [1.165, 1.54) is 0 Å². The Morgan fingerprint density at radius 2 is 0.714 bits per heavy atom.